The number of hydrogen-bond donors (Lipinski definition) is 2. The smallest absolute Gasteiger partial charge is 0.0721 e. The van der Waals surface area contributed by atoms with E-state index in [2.05, 4.69) is 0 Å². The molecule has 0 aromatic rings. The zero-order chi connectivity index (χ0) is 7.40. The number of hydrogen-bond acceptors (Lipinski definition) is 2. The average molecular weight is 142 g/mol. The van der Waals surface area contributed by atoms with Crippen molar-refractivity contribution < 1.29 is 10.2 Å². The van der Waals surface area contributed by atoms with Gasteiger partial charge in [0, 0.05) is 6.61 Å². The van der Waals surface area contributed by atoms with Crippen molar-refractivity contribution in [3.63, 3.8) is 0 Å². The van der Waals surface area contributed by atoms with Crippen LogP contribution in [-0.4, -0.2) is 22.9 Å². The summed E-state index contributed by atoms with van der Waals surface area (Å²) in [6, 6.07) is 0. The Labute approximate surface area is 61.2 Å². The van der Waals surface area contributed by atoms with E-state index in [1.54, 1.807) is 0 Å². The molecule has 58 valence electrons. The molecule has 10 heavy (non-hydrogen) atoms. The van der Waals surface area contributed by atoms with Crippen molar-refractivity contribution in [2.75, 3.05) is 6.61 Å². The Morgan fingerprint density at radius 3 is 2.60 bits per heavy atom. The van der Waals surface area contributed by atoms with E-state index < -0.39 is 0 Å². The first-order chi connectivity index (χ1) is 4.83. The maximum atomic E-state index is 9.05. The predicted molar refractivity (Wildman–Crippen MR) is 39.6 cm³/mol. The molecule has 0 saturated heterocycles. The van der Waals surface area contributed by atoms with Crippen LogP contribution in [-0.2, 0) is 0 Å². The van der Waals surface area contributed by atoms with Crippen LogP contribution in [0, 0.1) is 5.92 Å². The highest BCUT2D eigenvalue weighted by atomic mass is 16.3. The molecular weight excluding hydrogens is 128 g/mol. The summed E-state index contributed by atoms with van der Waals surface area (Å²) in [5.41, 5.74) is 0. The predicted octanol–water partition coefficient (Wildman–Crippen LogP) is 0.696. The Morgan fingerprint density at radius 2 is 2.10 bits per heavy atom. The highest BCUT2D eigenvalue weighted by Gasteiger charge is 2.12. The fourth-order valence-electron chi connectivity index (χ4n) is 1.27. The lowest BCUT2D eigenvalue weighted by Gasteiger charge is -2.18. The Hall–Kier alpha value is -0.340. The second-order valence-corrected chi connectivity index (χ2v) is 2.80. The van der Waals surface area contributed by atoms with Crippen molar-refractivity contribution in [3.05, 3.63) is 12.2 Å². The van der Waals surface area contributed by atoms with Crippen LogP contribution in [0.25, 0.3) is 0 Å². The number of allylic oxidation sites excluding steroid dienone is 1. The van der Waals surface area contributed by atoms with Crippen LogP contribution in [0.2, 0.25) is 0 Å². The topological polar surface area (TPSA) is 40.5 Å². The van der Waals surface area contributed by atoms with Crippen molar-refractivity contribution in [3.8, 4) is 0 Å². The molecule has 0 bridgehead atoms. The van der Waals surface area contributed by atoms with Crippen molar-refractivity contribution >= 4 is 0 Å². The van der Waals surface area contributed by atoms with Gasteiger partial charge in [0.2, 0.25) is 0 Å². The van der Waals surface area contributed by atoms with Gasteiger partial charge in [-0.1, -0.05) is 12.2 Å². The lowest BCUT2D eigenvalue weighted by molar-refractivity contribution is 0.186. The third-order valence-corrected chi connectivity index (χ3v) is 1.94. The zero-order valence-corrected chi connectivity index (χ0v) is 6.03. The van der Waals surface area contributed by atoms with E-state index in [-0.39, 0.29) is 12.7 Å². The van der Waals surface area contributed by atoms with Gasteiger partial charge in [0.25, 0.3) is 0 Å². The van der Waals surface area contributed by atoms with Crippen LogP contribution in [0.4, 0.5) is 0 Å². The summed E-state index contributed by atoms with van der Waals surface area (Å²) in [6.07, 6.45) is 6.28. The second kappa shape index (κ2) is 3.74. The van der Waals surface area contributed by atoms with Gasteiger partial charge in [-0.2, -0.15) is 0 Å². The molecule has 2 N–H and O–H groups in total. The fourth-order valence-corrected chi connectivity index (χ4v) is 1.27. The molecule has 2 unspecified atom stereocenters. The van der Waals surface area contributed by atoms with Crippen LogP contribution in [0.5, 0.6) is 0 Å². The van der Waals surface area contributed by atoms with Crippen molar-refractivity contribution in [1.82, 2.24) is 0 Å². The molecular formula is C8H14O2. The van der Waals surface area contributed by atoms with E-state index in [9.17, 15) is 0 Å². The molecule has 1 aliphatic rings. The van der Waals surface area contributed by atoms with Gasteiger partial charge < -0.3 is 10.2 Å². The third-order valence-electron chi connectivity index (χ3n) is 1.94. The maximum absolute atomic E-state index is 9.05. The summed E-state index contributed by atoms with van der Waals surface area (Å²) in [6.45, 7) is 0.255. The van der Waals surface area contributed by atoms with E-state index in [4.69, 9.17) is 10.2 Å². The molecule has 0 saturated carbocycles. The summed E-state index contributed by atoms with van der Waals surface area (Å²) in [7, 11) is 0. The van der Waals surface area contributed by atoms with Gasteiger partial charge in [0.05, 0.1) is 6.10 Å². The third kappa shape index (κ3) is 2.12. The lowest BCUT2D eigenvalue weighted by Crippen LogP contribution is -2.12. The molecule has 1 rings (SSSR count). The fraction of sp³-hybridized carbons (Fsp3) is 0.750. The van der Waals surface area contributed by atoms with E-state index in [1.807, 2.05) is 12.2 Å². The van der Waals surface area contributed by atoms with Gasteiger partial charge in [0.15, 0.2) is 0 Å². The zero-order valence-electron chi connectivity index (χ0n) is 6.03. The van der Waals surface area contributed by atoms with E-state index in [0.717, 1.165) is 19.3 Å². The highest BCUT2D eigenvalue weighted by molar-refractivity contribution is 4.98. The quantitative estimate of drug-likeness (QED) is 0.557. The summed E-state index contributed by atoms with van der Waals surface area (Å²) >= 11 is 0. The standard InChI is InChI=1S/C8H14O2/c9-6-5-7-1-3-8(10)4-2-7/h1,3,7-10H,2,4-6H2. The molecule has 0 aliphatic heterocycles. The van der Waals surface area contributed by atoms with Crippen molar-refractivity contribution in [2.45, 2.75) is 25.4 Å². The first-order valence-corrected chi connectivity index (χ1v) is 3.80. The highest BCUT2D eigenvalue weighted by Crippen LogP contribution is 2.19. The van der Waals surface area contributed by atoms with Gasteiger partial charge in [-0.3, -0.25) is 0 Å². The monoisotopic (exact) mass is 142 g/mol. The van der Waals surface area contributed by atoms with Crippen LogP contribution >= 0.6 is 0 Å². The van der Waals surface area contributed by atoms with Crippen LogP contribution in [0.1, 0.15) is 19.3 Å². The summed E-state index contributed by atoms with van der Waals surface area (Å²) in [5.74, 6) is 0.494. The molecule has 0 aromatic heterocycles. The first kappa shape index (κ1) is 7.76. The Kier molecular flexibility index (Phi) is 2.90. The Balaban J connectivity index is 2.30. The second-order valence-electron chi connectivity index (χ2n) is 2.80. The normalized spacial score (nSPS) is 32.6. The van der Waals surface area contributed by atoms with Crippen LogP contribution in [0.15, 0.2) is 12.2 Å². The van der Waals surface area contributed by atoms with Gasteiger partial charge in [-0.05, 0) is 25.2 Å². The minimum atomic E-state index is -0.241. The molecule has 0 spiro atoms. The number of aliphatic hydroxyl groups is 2. The van der Waals surface area contributed by atoms with Crippen molar-refractivity contribution in [2.24, 2.45) is 5.92 Å². The molecule has 0 amide bonds. The Bertz CT molecular complexity index is 120. The molecule has 0 fully saturated rings. The van der Waals surface area contributed by atoms with Gasteiger partial charge in [0.1, 0.15) is 0 Å². The average Bonchev–Trinajstić information content (AvgIpc) is 1.95. The van der Waals surface area contributed by atoms with Gasteiger partial charge in [-0.25, -0.2) is 0 Å². The molecule has 1 aliphatic carbocycles. The summed E-state index contributed by atoms with van der Waals surface area (Å²) in [4.78, 5) is 0. The molecule has 2 atom stereocenters. The maximum Gasteiger partial charge on any atom is 0.0721 e. The first-order valence-electron chi connectivity index (χ1n) is 3.80. The van der Waals surface area contributed by atoms with E-state index in [1.165, 1.54) is 0 Å². The summed E-state index contributed by atoms with van der Waals surface area (Å²) in [5, 5.41) is 17.6. The number of rotatable bonds is 2. The molecule has 2 heteroatoms. The molecule has 0 heterocycles. The molecule has 2 nitrogen and oxygen atoms in total. The summed E-state index contributed by atoms with van der Waals surface area (Å²) < 4.78 is 0. The van der Waals surface area contributed by atoms with Crippen LogP contribution in [0.3, 0.4) is 0 Å². The minimum absolute atomic E-state index is 0.241. The van der Waals surface area contributed by atoms with Crippen molar-refractivity contribution in [1.29, 1.82) is 0 Å². The Morgan fingerprint density at radius 1 is 1.30 bits per heavy atom. The minimum Gasteiger partial charge on any atom is -0.396 e. The lowest BCUT2D eigenvalue weighted by atomic mass is 9.92. The molecule has 0 aromatic carbocycles. The number of aliphatic hydroxyl groups excluding tert-OH is 2. The SMILES string of the molecule is OCCC1C=CC(O)CC1. The van der Waals surface area contributed by atoms with E-state index >= 15 is 0 Å². The van der Waals surface area contributed by atoms with E-state index in [0.29, 0.717) is 5.92 Å². The van der Waals surface area contributed by atoms with Gasteiger partial charge in [-0.15, -0.1) is 0 Å². The van der Waals surface area contributed by atoms with Crippen LogP contribution < -0.4 is 0 Å². The van der Waals surface area contributed by atoms with Gasteiger partial charge >= 0.3 is 0 Å². The molecule has 0 radical (unpaired) electrons. The largest absolute Gasteiger partial charge is 0.396 e.